The first-order valence-electron chi connectivity index (χ1n) is 12.1. The lowest BCUT2D eigenvalue weighted by atomic mass is 9.82. The zero-order valence-corrected chi connectivity index (χ0v) is 19.6. The Balaban J connectivity index is 1.40. The molecule has 3 aromatic carbocycles. The molecule has 4 nitrogen and oxygen atoms in total. The summed E-state index contributed by atoms with van der Waals surface area (Å²) in [7, 11) is 0. The van der Waals surface area contributed by atoms with Crippen LogP contribution >= 0.6 is 0 Å². The fourth-order valence-corrected chi connectivity index (χ4v) is 5.26. The number of fused-ring (bicyclic) bond motifs is 3. The maximum atomic E-state index is 13.4. The third-order valence-corrected chi connectivity index (χ3v) is 7.13. The van der Waals surface area contributed by atoms with Gasteiger partial charge < -0.3 is 10.2 Å². The van der Waals surface area contributed by atoms with E-state index >= 15 is 0 Å². The van der Waals surface area contributed by atoms with Gasteiger partial charge in [-0.2, -0.15) is 13.2 Å². The summed E-state index contributed by atoms with van der Waals surface area (Å²) in [6.45, 7) is 2.85. The quantitative estimate of drug-likeness (QED) is 0.481. The van der Waals surface area contributed by atoms with E-state index in [0.717, 1.165) is 31.3 Å². The molecule has 0 bridgehead atoms. The fourth-order valence-electron chi connectivity index (χ4n) is 5.26. The van der Waals surface area contributed by atoms with Crippen molar-refractivity contribution in [2.75, 3.05) is 36.4 Å². The van der Waals surface area contributed by atoms with Crippen LogP contribution in [0.5, 0.6) is 0 Å². The average molecular weight is 498 g/mol. The van der Waals surface area contributed by atoms with E-state index in [1.807, 2.05) is 18.2 Å². The maximum Gasteiger partial charge on any atom is 0.416 e. The molecule has 0 spiro atoms. The summed E-state index contributed by atoms with van der Waals surface area (Å²) in [5.74, 6) is -1.23. The van der Waals surface area contributed by atoms with Crippen LogP contribution in [0, 0.1) is 11.7 Å². The van der Waals surface area contributed by atoms with Gasteiger partial charge in [0.15, 0.2) is 0 Å². The van der Waals surface area contributed by atoms with Crippen LogP contribution in [0.25, 0.3) is 0 Å². The molecule has 0 saturated carbocycles. The summed E-state index contributed by atoms with van der Waals surface area (Å²) in [5, 5.41) is 2.85. The highest BCUT2D eigenvalue weighted by Gasteiger charge is 2.42. The number of rotatable bonds is 5. The number of hydrogen-bond acceptors (Lipinski definition) is 3. The number of halogens is 4. The number of piperazine rings is 1. The lowest BCUT2D eigenvalue weighted by Crippen LogP contribution is -2.60. The average Bonchev–Trinajstić information content (AvgIpc) is 2.88. The number of nitrogens with zero attached hydrogens (tertiary/aromatic N) is 2. The molecular formula is C28H27F4N3O. The van der Waals surface area contributed by atoms with Crippen molar-refractivity contribution >= 4 is 17.3 Å². The lowest BCUT2D eigenvalue weighted by Gasteiger charge is -2.49. The number of amides is 1. The van der Waals surface area contributed by atoms with Crippen molar-refractivity contribution in [2.45, 2.75) is 25.1 Å². The third-order valence-electron chi connectivity index (χ3n) is 7.13. The molecule has 0 radical (unpaired) electrons. The largest absolute Gasteiger partial charge is 0.416 e. The lowest BCUT2D eigenvalue weighted by molar-refractivity contribution is -0.137. The Morgan fingerprint density at radius 2 is 1.72 bits per heavy atom. The Kier molecular flexibility index (Phi) is 6.71. The minimum Gasteiger partial charge on any atom is -0.365 e. The van der Waals surface area contributed by atoms with Gasteiger partial charge in [0.05, 0.1) is 17.5 Å². The van der Waals surface area contributed by atoms with E-state index in [0.29, 0.717) is 24.3 Å². The van der Waals surface area contributed by atoms with Crippen LogP contribution in [0.3, 0.4) is 0 Å². The van der Waals surface area contributed by atoms with Crippen molar-refractivity contribution in [1.82, 2.24) is 4.90 Å². The first kappa shape index (κ1) is 24.3. The van der Waals surface area contributed by atoms with Gasteiger partial charge in [0.2, 0.25) is 5.91 Å². The Morgan fingerprint density at radius 3 is 2.44 bits per heavy atom. The number of anilines is 2. The molecule has 2 aliphatic rings. The van der Waals surface area contributed by atoms with Gasteiger partial charge in [0, 0.05) is 37.6 Å². The molecule has 0 aliphatic carbocycles. The van der Waals surface area contributed by atoms with Crippen molar-refractivity contribution in [3.8, 4) is 0 Å². The van der Waals surface area contributed by atoms with E-state index in [2.05, 4.69) is 27.2 Å². The summed E-state index contributed by atoms with van der Waals surface area (Å²) in [4.78, 5) is 17.8. The highest BCUT2D eigenvalue weighted by Crippen LogP contribution is 2.40. The highest BCUT2D eigenvalue weighted by molar-refractivity contribution is 5.94. The van der Waals surface area contributed by atoms with Crippen LogP contribution in [0.15, 0.2) is 72.8 Å². The molecule has 1 N–H and O–H groups in total. The van der Waals surface area contributed by atoms with Gasteiger partial charge in [0.1, 0.15) is 5.82 Å². The molecule has 2 heterocycles. The van der Waals surface area contributed by atoms with Crippen molar-refractivity contribution < 1.29 is 22.4 Å². The van der Waals surface area contributed by atoms with Crippen LogP contribution < -0.4 is 10.2 Å². The topological polar surface area (TPSA) is 35.6 Å². The maximum absolute atomic E-state index is 13.4. The Bertz CT molecular complexity index is 1210. The second-order valence-corrected chi connectivity index (χ2v) is 9.44. The summed E-state index contributed by atoms with van der Waals surface area (Å²) < 4.78 is 53.6. The van der Waals surface area contributed by atoms with E-state index in [-0.39, 0.29) is 18.4 Å². The minimum absolute atomic E-state index is 0.181. The van der Waals surface area contributed by atoms with Crippen LogP contribution in [0.2, 0.25) is 0 Å². The molecule has 188 valence electrons. The summed E-state index contributed by atoms with van der Waals surface area (Å²) in [5.41, 5.74) is 2.28. The number of carbonyl (C=O) groups excluding carboxylic acids is 1. The van der Waals surface area contributed by atoms with Gasteiger partial charge in [-0.3, -0.25) is 9.69 Å². The number of hydrogen-bond donors (Lipinski definition) is 1. The molecule has 5 rings (SSSR count). The van der Waals surface area contributed by atoms with Crippen molar-refractivity contribution in [3.05, 3.63) is 95.3 Å². The van der Waals surface area contributed by atoms with Crippen molar-refractivity contribution in [1.29, 1.82) is 0 Å². The van der Waals surface area contributed by atoms with Crippen LogP contribution in [0.4, 0.5) is 28.9 Å². The molecule has 0 unspecified atom stereocenters. The van der Waals surface area contributed by atoms with Gasteiger partial charge in [-0.05, 0) is 66.4 Å². The first-order valence-corrected chi connectivity index (χ1v) is 12.1. The van der Waals surface area contributed by atoms with Crippen LogP contribution in [0.1, 0.15) is 16.7 Å². The third kappa shape index (κ3) is 5.23. The molecule has 1 saturated heterocycles. The monoisotopic (exact) mass is 497 g/mol. The molecule has 2 atom stereocenters. The molecule has 2 aliphatic heterocycles. The summed E-state index contributed by atoms with van der Waals surface area (Å²) >= 11 is 0. The molecule has 3 aromatic rings. The molecule has 8 heteroatoms. The van der Waals surface area contributed by atoms with Gasteiger partial charge in [-0.15, -0.1) is 0 Å². The normalized spacial score (nSPS) is 19.9. The molecule has 1 amide bonds. The zero-order chi connectivity index (χ0) is 25.3. The van der Waals surface area contributed by atoms with E-state index < -0.39 is 23.5 Å². The zero-order valence-electron chi connectivity index (χ0n) is 19.6. The number of benzene rings is 3. The molecule has 36 heavy (non-hydrogen) atoms. The van der Waals surface area contributed by atoms with Crippen molar-refractivity contribution in [2.24, 2.45) is 5.92 Å². The number of nitrogens with one attached hydrogen (secondary N) is 1. The Hall–Kier alpha value is -3.39. The number of carbonyl (C=O) groups is 1. The smallest absolute Gasteiger partial charge is 0.365 e. The summed E-state index contributed by atoms with van der Waals surface area (Å²) in [6, 6.07) is 19.3. The second-order valence-electron chi connectivity index (χ2n) is 9.44. The number of alkyl halides is 3. The molecule has 1 fully saturated rings. The van der Waals surface area contributed by atoms with E-state index in [1.165, 1.54) is 35.9 Å². The van der Waals surface area contributed by atoms with Crippen LogP contribution in [-0.2, 0) is 23.8 Å². The Morgan fingerprint density at radius 1 is 0.972 bits per heavy atom. The van der Waals surface area contributed by atoms with Gasteiger partial charge in [-0.25, -0.2) is 4.39 Å². The minimum atomic E-state index is -4.45. The van der Waals surface area contributed by atoms with Gasteiger partial charge >= 0.3 is 6.18 Å². The van der Waals surface area contributed by atoms with E-state index in [4.69, 9.17) is 0 Å². The Labute approximate surface area is 207 Å². The van der Waals surface area contributed by atoms with Gasteiger partial charge in [-0.1, -0.05) is 30.3 Å². The van der Waals surface area contributed by atoms with E-state index in [9.17, 15) is 22.4 Å². The van der Waals surface area contributed by atoms with E-state index in [1.54, 1.807) is 6.07 Å². The molecular weight excluding hydrogens is 470 g/mol. The predicted molar refractivity (Wildman–Crippen MR) is 131 cm³/mol. The van der Waals surface area contributed by atoms with Crippen LogP contribution in [-0.4, -0.2) is 43.0 Å². The highest BCUT2D eigenvalue weighted by atomic mass is 19.4. The first-order chi connectivity index (χ1) is 17.3. The second kappa shape index (κ2) is 9.93. The predicted octanol–water partition coefficient (Wildman–Crippen LogP) is 5.39. The fraction of sp³-hybridized carbons (Fsp3) is 0.321. The van der Waals surface area contributed by atoms with Crippen molar-refractivity contribution in [3.63, 3.8) is 0 Å². The SMILES string of the molecule is O=C(Nc1ccc(F)cc1)[C@H]1Cc2cc(C(F)(F)F)ccc2N2CCN(CCc3ccccc3)C[C@H]12. The summed E-state index contributed by atoms with van der Waals surface area (Å²) in [6.07, 6.45) is -3.36. The molecule has 0 aromatic heterocycles. The standard InChI is InChI=1S/C28H27F4N3O/c29-22-7-9-23(10-8-22)33-27(36)24-17-20-16-21(28(30,31)32)6-11-25(20)35-15-14-34(18-26(24)35)13-12-19-4-2-1-3-5-19/h1-11,16,24,26H,12-15,17-18H2,(H,33,36)/t24-,26+/m0/s1. The van der Waals surface area contributed by atoms with Gasteiger partial charge in [0.25, 0.3) is 0 Å².